The first-order chi connectivity index (χ1) is 8.36. The Morgan fingerprint density at radius 2 is 2.11 bits per heavy atom. The quantitative estimate of drug-likeness (QED) is 0.837. The molecule has 1 aromatic carbocycles. The summed E-state index contributed by atoms with van der Waals surface area (Å²) < 4.78 is 27.5. The monoisotopic (exact) mass is 335 g/mol. The lowest BCUT2D eigenvalue weighted by Gasteiger charge is -2.14. The van der Waals surface area contributed by atoms with Crippen LogP contribution in [0.25, 0.3) is 0 Å². The second kappa shape index (κ2) is 6.65. The lowest BCUT2D eigenvalue weighted by molar-refractivity contribution is 0.279. The van der Waals surface area contributed by atoms with Crippen LogP contribution in [0.2, 0.25) is 0 Å². The van der Waals surface area contributed by atoms with E-state index in [0.29, 0.717) is 12.8 Å². The SMILES string of the molecule is Cc1ccc(S(=O)(=O)N[C@@H](C)CCCO)cc1Br. The average molecular weight is 336 g/mol. The lowest BCUT2D eigenvalue weighted by Crippen LogP contribution is -2.32. The van der Waals surface area contributed by atoms with Gasteiger partial charge in [0.05, 0.1) is 4.90 Å². The van der Waals surface area contributed by atoms with Crippen molar-refractivity contribution in [2.75, 3.05) is 6.61 Å². The predicted octanol–water partition coefficient (Wildman–Crippen LogP) is 2.20. The third-order valence-corrected chi connectivity index (χ3v) is 5.05. The highest BCUT2D eigenvalue weighted by Crippen LogP contribution is 2.20. The molecule has 0 amide bonds. The van der Waals surface area contributed by atoms with Crippen LogP contribution in [0, 0.1) is 6.92 Å². The van der Waals surface area contributed by atoms with Crippen molar-refractivity contribution in [1.82, 2.24) is 4.72 Å². The Bertz CT molecular complexity index is 502. The van der Waals surface area contributed by atoms with Gasteiger partial charge in [-0.15, -0.1) is 0 Å². The normalized spacial score (nSPS) is 13.6. The number of halogens is 1. The van der Waals surface area contributed by atoms with Crippen molar-refractivity contribution in [1.29, 1.82) is 0 Å². The Balaban J connectivity index is 2.83. The Morgan fingerprint density at radius 1 is 1.44 bits per heavy atom. The molecule has 2 N–H and O–H groups in total. The van der Waals surface area contributed by atoms with Gasteiger partial charge in [-0.2, -0.15) is 0 Å². The van der Waals surface area contributed by atoms with Crippen molar-refractivity contribution in [3.05, 3.63) is 28.2 Å². The van der Waals surface area contributed by atoms with Crippen LogP contribution in [-0.2, 0) is 10.0 Å². The van der Waals surface area contributed by atoms with Gasteiger partial charge in [-0.05, 0) is 44.4 Å². The second-order valence-corrected chi connectivity index (χ2v) is 6.87. The van der Waals surface area contributed by atoms with E-state index in [9.17, 15) is 8.42 Å². The topological polar surface area (TPSA) is 66.4 Å². The first-order valence-electron chi connectivity index (χ1n) is 5.76. The molecule has 0 radical (unpaired) electrons. The van der Waals surface area contributed by atoms with Crippen molar-refractivity contribution < 1.29 is 13.5 Å². The zero-order valence-corrected chi connectivity index (χ0v) is 12.9. The number of nitrogens with one attached hydrogen (secondary N) is 1. The highest BCUT2D eigenvalue weighted by Gasteiger charge is 2.17. The van der Waals surface area contributed by atoms with Crippen molar-refractivity contribution in [3.63, 3.8) is 0 Å². The summed E-state index contributed by atoms with van der Waals surface area (Å²) in [5.41, 5.74) is 0.988. The Kier molecular flexibility index (Phi) is 5.78. The van der Waals surface area contributed by atoms with Gasteiger partial charge >= 0.3 is 0 Å². The number of rotatable bonds is 6. The zero-order valence-electron chi connectivity index (χ0n) is 10.5. The van der Waals surface area contributed by atoms with Crippen LogP contribution in [0.15, 0.2) is 27.6 Å². The molecule has 1 atom stereocenters. The smallest absolute Gasteiger partial charge is 0.240 e. The maximum atomic E-state index is 12.1. The van der Waals surface area contributed by atoms with Crippen molar-refractivity contribution in [2.45, 2.75) is 37.6 Å². The average Bonchev–Trinajstić information content (AvgIpc) is 2.29. The minimum Gasteiger partial charge on any atom is -0.396 e. The number of sulfonamides is 1. The molecule has 0 bridgehead atoms. The van der Waals surface area contributed by atoms with Crippen LogP contribution in [0.1, 0.15) is 25.3 Å². The number of aryl methyl sites for hydroxylation is 1. The van der Waals surface area contributed by atoms with Crippen LogP contribution in [0.4, 0.5) is 0 Å². The highest BCUT2D eigenvalue weighted by molar-refractivity contribution is 9.10. The van der Waals surface area contributed by atoms with E-state index < -0.39 is 10.0 Å². The summed E-state index contributed by atoms with van der Waals surface area (Å²) in [5.74, 6) is 0. The van der Waals surface area contributed by atoms with Crippen LogP contribution < -0.4 is 4.72 Å². The van der Waals surface area contributed by atoms with E-state index in [2.05, 4.69) is 20.7 Å². The Labute approximate surface area is 117 Å². The van der Waals surface area contributed by atoms with E-state index in [-0.39, 0.29) is 17.5 Å². The standard InChI is InChI=1S/C12H18BrNO3S/c1-9-5-6-11(8-12(9)13)18(16,17)14-10(2)4-3-7-15/h5-6,8,10,14-15H,3-4,7H2,1-2H3/t10-/m0/s1. The van der Waals surface area contributed by atoms with E-state index in [1.54, 1.807) is 25.1 Å². The summed E-state index contributed by atoms with van der Waals surface area (Å²) in [4.78, 5) is 0.246. The molecule has 18 heavy (non-hydrogen) atoms. The molecule has 0 fully saturated rings. The van der Waals surface area contributed by atoms with E-state index in [1.165, 1.54) is 0 Å². The van der Waals surface area contributed by atoms with Gasteiger partial charge in [-0.1, -0.05) is 22.0 Å². The van der Waals surface area contributed by atoms with Gasteiger partial charge in [0, 0.05) is 17.1 Å². The molecular formula is C12H18BrNO3S. The van der Waals surface area contributed by atoms with Crippen LogP contribution in [0.5, 0.6) is 0 Å². The molecule has 0 unspecified atom stereocenters. The summed E-state index contributed by atoms with van der Waals surface area (Å²) in [6.07, 6.45) is 1.20. The summed E-state index contributed by atoms with van der Waals surface area (Å²) >= 11 is 3.32. The van der Waals surface area contributed by atoms with Gasteiger partial charge in [0.25, 0.3) is 0 Å². The number of aliphatic hydroxyl groups excluding tert-OH is 1. The molecule has 4 nitrogen and oxygen atoms in total. The van der Waals surface area contributed by atoms with Crippen molar-refractivity contribution in [2.24, 2.45) is 0 Å². The number of hydrogen-bond donors (Lipinski definition) is 2. The largest absolute Gasteiger partial charge is 0.396 e. The van der Waals surface area contributed by atoms with Gasteiger partial charge < -0.3 is 5.11 Å². The van der Waals surface area contributed by atoms with Gasteiger partial charge in [0.1, 0.15) is 0 Å². The van der Waals surface area contributed by atoms with E-state index in [1.807, 2.05) is 6.92 Å². The maximum absolute atomic E-state index is 12.1. The third kappa shape index (κ3) is 4.35. The van der Waals surface area contributed by atoms with Gasteiger partial charge in [0.2, 0.25) is 10.0 Å². The van der Waals surface area contributed by atoms with Crippen LogP contribution in [-0.4, -0.2) is 26.2 Å². The van der Waals surface area contributed by atoms with Gasteiger partial charge in [0.15, 0.2) is 0 Å². The molecule has 6 heteroatoms. The summed E-state index contributed by atoms with van der Waals surface area (Å²) in [6.45, 7) is 3.76. The van der Waals surface area contributed by atoms with E-state index in [0.717, 1.165) is 10.0 Å². The molecule has 0 heterocycles. The zero-order chi connectivity index (χ0) is 13.8. The fourth-order valence-electron chi connectivity index (χ4n) is 1.53. The molecular weight excluding hydrogens is 318 g/mol. The van der Waals surface area contributed by atoms with Gasteiger partial charge in [-0.25, -0.2) is 13.1 Å². The van der Waals surface area contributed by atoms with E-state index >= 15 is 0 Å². The van der Waals surface area contributed by atoms with E-state index in [4.69, 9.17) is 5.11 Å². The summed E-state index contributed by atoms with van der Waals surface area (Å²) in [6, 6.07) is 4.75. The highest BCUT2D eigenvalue weighted by atomic mass is 79.9. The lowest BCUT2D eigenvalue weighted by atomic mass is 10.2. The minimum absolute atomic E-state index is 0.0716. The predicted molar refractivity (Wildman–Crippen MR) is 75.0 cm³/mol. The Morgan fingerprint density at radius 3 is 2.67 bits per heavy atom. The molecule has 1 aromatic rings. The van der Waals surface area contributed by atoms with Crippen LogP contribution >= 0.6 is 15.9 Å². The third-order valence-electron chi connectivity index (χ3n) is 2.61. The number of aliphatic hydroxyl groups is 1. The summed E-state index contributed by atoms with van der Waals surface area (Å²) in [5, 5.41) is 8.71. The van der Waals surface area contributed by atoms with Crippen molar-refractivity contribution >= 4 is 26.0 Å². The first kappa shape index (κ1) is 15.6. The van der Waals surface area contributed by atoms with Crippen molar-refractivity contribution in [3.8, 4) is 0 Å². The number of hydrogen-bond acceptors (Lipinski definition) is 3. The molecule has 0 saturated heterocycles. The number of benzene rings is 1. The molecule has 0 spiro atoms. The molecule has 102 valence electrons. The van der Waals surface area contributed by atoms with Gasteiger partial charge in [-0.3, -0.25) is 0 Å². The molecule has 0 saturated carbocycles. The minimum atomic E-state index is -3.49. The maximum Gasteiger partial charge on any atom is 0.240 e. The second-order valence-electron chi connectivity index (χ2n) is 4.30. The molecule has 0 aliphatic carbocycles. The first-order valence-corrected chi connectivity index (χ1v) is 8.04. The fourth-order valence-corrected chi connectivity index (χ4v) is 3.36. The molecule has 1 rings (SSSR count). The fraction of sp³-hybridized carbons (Fsp3) is 0.500. The molecule has 0 aromatic heterocycles. The van der Waals surface area contributed by atoms with Crippen LogP contribution in [0.3, 0.4) is 0 Å². The molecule has 0 aliphatic heterocycles. The Hall–Kier alpha value is -0.430. The molecule has 0 aliphatic rings. The summed E-state index contributed by atoms with van der Waals surface area (Å²) in [7, 11) is -3.49.